The molecule has 0 aliphatic carbocycles. The Bertz CT molecular complexity index is 1290. The standard InChI is InChI=1S/C25H20N4O3/c30-24-13-11-22(28-27-21-8-2-1-3-9-21)14-20(24)16-26-29-25(31)17-32-23-12-10-18-6-4-5-7-19(18)15-23/h1-16,30H,17H2,(H,29,31)/b26-16+,28-27?. The summed E-state index contributed by atoms with van der Waals surface area (Å²) < 4.78 is 5.53. The van der Waals surface area contributed by atoms with Crippen LogP contribution >= 0.6 is 0 Å². The van der Waals surface area contributed by atoms with Crippen LogP contribution in [-0.2, 0) is 4.79 Å². The summed E-state index contributed by atoms with van der Waals surface area (Å²) >= 11 is 0. The van der Waals surface area contributed by atoms with E-state index < -0.39 is 5.91 Å². The van der Waals surface area contributed by atoms with Crippen molar-refractivity contribution >= 4 is 34.3 Å². The van der Waals surface area contributed by atoms with Crippen LogP contribution in [-0.4, -0.2) is 23.8 Å². The van der Waals surface area contributed by atoms with Crippen LogP contribution in [0.3, 0.4) is 0 Å². The summed E-state index contributed by atoms with van der Waals surface area (Å²) in [5.74, 6) is 0.180. The summed E-state index contributed by atoms with van der Waals surface area (Å²) in [6, 6.07) is 27.6. The Morgan fingerprint density at radius 2 is 1.59 bits per heavy atom. The summed E-state index contributed by atoms with van der Waals surface area (Å²) in [6.45, 7) is -0.188. The number of hydrogen-bond acceptors (Lipinski definition) is 6. The Hall–Kier alpha value is -4.52. The topological polar surface area (TPSA) is 95.6 Å². The van der Waals surface area contributed by atoms with Crippen LogP contribution in [0.15, 0.2) is 106 Å². The number of fused-ring (bicyclic) bond motifs is 1. The third-order valence-electron chi connectivity index (χ3n) is 4.53. The molecule has 1 amide bonds. The van der Waals surface area contributed by atoms with Crippen molar-refractivity contribution in [2.24, 2.45) is 15.3 Å². The minimum Gasteiger partial charge on any atom is -0.507 e. The highest BCUT2D eigenvalue weighted by Gasteiger charge is 2.04. The van der Waals surface area contributed by atoms with Crippen molar-refractivity contribution in [3.63, 3.8) is 0 Å². The molecule has 0 heterocycles. The van der Waals surface area contributed by atoms with Gasteiger partial charge in [-0.25, -0.2) is 5.43 Å². The molecule has 7 heteroatoms. The monoisotopic (exact) mass is 424 g/mol. The predicted octanol–water partition coefficient (Wildman–Crippen LogP) is 5.49. The molecule has 7 nitrogen and oxygen atoms in total. The van der Waals surface area contributed by atoms with Crippen molar-refractivity contribution in [1.82, 2.24) is 5.43 Å². The lowest BCUT2D eigenvalue weighted by atomic mass is 10.1. The summed E-state index contributed by atoms with van der Waals surface area (Å²) in [7, 11) is 0. The van der Waals surface area contributed by atoms with E-state index >= 15 is 0 Å². The van der Waals surface area contributed by atoms with Crippen LogP contribution in [0.25, 0.3) is 10.8 Å². The van der Waals surface area contributed by atoms with E-state index in [2.05, 4.69) is 20.8 Å². The van der Waals surface area contributed by atoms with E-state index in [9.17, 15) is 9.90 Å². The number of rotatable bonds is 7. The van der Waals surface area contributed by atoms with Gasteiger partial charge in [-0.2, -0.15) is 15.3 Å². The molecule has 0 unspecified atom stereocenters. The first-order chi connectivity index (χ1) is 15.7. The third kappa shape index (κ3) is 5.54. The van der Waals surface area contributed by atoms with Gasteiger partial charge < -0.3 is 9.84 Å². The summed E-state index contributed by atoms with van der Waals surface area (Å²) in [6.07, 6.45) is 1.34. The summed E-state index contributed by atoms with van der Waals surface area (Å²) in [5.41, 5.74) is 4.04. The average molecular weight is 424 g/mol. The maximum Gasteiger partial charge on any atom is 0.277 e. The SMILES string of the molecule is O=C(COc1ccc2ccccc2c1)N/N=C/c1cc(N=Nc2ccccc2)ccc1O. The molecule has 0 bridgehead atoms. The van der Waals surface area contributed by atoms with E-state index in [0.717, 1.165) is 16.5 Å². The fourth-order valence-corrected chi connectivity index (χ4v) is 2.93. The number of phenolic OH excluding ortho intramolecular Hbond substituents is 1. The van der Waals surface area contributed by atoms with Crippen molar-refractivity contribution in [1.29, 1.82) is 0 Å². The minimum absolute atomic E-state index is 0.00840. The molecule has 0 saturated heterocycles. The van der Waals surface area contributed by atoms with Crippen LogP contribution < -0.4 is 10.2 Å². The zero-order chi connectivity index (χ0) is 22.2. The lowest BCUT2D eigenvalue weighted by molar-refractivity contribution is -0.123. The van der Waals surface area contributed by atoms with E-state index in [1.54, 1.807) is 12.1 Å². The Kier molecular flexibility index (Phi) is 6.48. The molecule has 32 heavy (non-hydrogen) atoms. The van der Waals surface area contributed by atoms with E-state index in [0.29, 0.717) is 17.0 Å². The Morgan fingerprint density at radius 1 is 0.844 bits per heavy atom. The van der Waals surface area contributed by atoms with Gasteiger partial charge in [-0.15, -0.1) is 0 Å². The Morgan fingerprint density at radius 3 is 2.44 bits per heavy atom. The van der Waals surface area contributed by atoms with Gasteiger partial charge in [-0.05, 0) is 53.2 Å². The molecule has 4 rings (SSSR count). The second kappa shape index (κ2) is 9.99. The zero-order valence-corrected chi connectivity index (χ0v) is 17.1. The van der Waals surface area contributed by atoms with Crippen LogP contribution in [0.2, 0.25) is 0 Å². The van der Waals surface area contributed by atoms with Gasteiger partial charge in [0.25, 0.3) is 5.91 Å². The number of nitrogens with one attached hydrogen (secondary N) is 1. The Labute approximate surface area is 184 Å². The fraction of sp³-hybridized carbons (Fsp3) is 0.0400. The molecule has 0 aromatic heterocycles. The molecular formula is C25H20N4O3. The number of hydrazone groups is 1. The number of phenols is 1. The lowest BCUT2D eigenvalue weighted by Gasteiger charge is -2.06. The van der Waals surface area contributed by atoms with E-state index in [1.807, 2.05) is 72.8 Å². The summed E-state index contributed by atoms with van der Waals surface area (Å²) in [4.78, 5) is 12.0. The highest BCUT2D eigenvalue weighted by Crippen LogP contribution is 2.24. The quantitative estimate of drug-likeness (QED) is 0.233. The van der Waals surface area contributed by atoms with Crippen LogP contribution in [0, 0.1) is 0 Å². The van der Waals surface area contributed by atoms with Gasteiger partial charge in [0.15, 0.2) is 6.61 Å². The van der Waals surface area contributed by atoms with Gasteiger partial charge in [0.1, 0.15) is 11.5 Å². The molecule has 0 fully saturated rings. The zero-order valence-electron chi connectivity index (χ0n) is 17.1. The highest BCUT2D eigenvalue weighted by atomic mass is 16.5. The number of carbonyl (C=O) groups excluding carboxylic acids is 1. The largest absolute Gasteiger partial charge is 0.507 e. The first-order valence-corrected chi connectivity index (χ1v) is 9.91. The van der Waals surface area contributed by atoms with Gasteiger partial charge in [0, 0.05) is 5.56 Å². The maximum atomic E-state index is 12.0. The number of nitrogens with zero attached hydrogens (tertiary/aromatic N) is 3. The van der Waals surface area contributed by atoms with Crippen molar-refractivity contribution in [3.8, 4) is 11.5 Å². The van der Waals surface area contributed by atoms with Gasteiger partial charge in [-0.1, -0.05) is 48.5 Å². The second-order valence-corrected chi connectivity index (χ2v) is 6.87. The molecule has 4 aromatic carbocycles. The van der Waals surface area contributed by atoms with Gasteiger partial charge >= 0.3 is 0 Å². The molecule has 4 aromatic rings. The second-order valence-electron chi connectivity index (χ2n) is 6.87. The number of aromatic hydroxyl groups is 1. The third-order valence-corrected chi connectivity index (χ3v) is 4.53. The van der Waals surface area contributed by atoms with Crippen molar-refractivity contribution in [2.45, 2.75) is 0 Å². The van der Waals surface area contributed by atoms with Crippen LogP contribution in [0.1, 0.15) is 5.56 Å². The lowest BCUT2D eigenvalue weighted by Crippen LogP contribution is -2.24. The van der Waals surface area contributed by atoms with Gasteiger partial charge in [-0.3, -0.25) is 4.79 Å². The fourth-order valence-electron chi connectivity index (χ4n) is 2.93. The van der Waals surface area contributed by atoms with Crippen LogP contribution in [0.4, 0.5) is 11.4 Å². The molecule has 0 aliphatic rings. The number of azo groups is 1. The molecule has 0 atom stereocenters. The smallest absolute Gasteiger partial charge is 0.277 e. The molecule has 0 spiro atoms. The molecule has 0 radical (unpaired) electrons. The van der Waals surface area contributed by atoms with Crippen LogP contribution in [0.5, 0.6) is 11.5 Å². The first kappa shape index (κ1) is 20.7. The molecule has 2 N–H and O–H groups in total. The number of amides is 1. The minimum atomic E-state index is -0.422. The average Bonchev–Trinajstić information content (AvgIpc) is 2.83. The maximum absolute atomic E-state index is 12.0. The predicted molar refractivity (Wildman–Crippen MR) is 124 cm³/mol. The van der Waals surface area contributed by atoms with E-state index in [1.165, 1.54) is 12.3 Å². The van der Waals surface area contributed by atoms with Gasteiger partial charge in [0.2, 0.25) is 0 Å². The first-order valence-electron chi connectivity index (χ1n) is 9.91. The summed E-state index contributed by atoms with van der Waals surface area (Å²) in [5, 5.41) is 24.3. The van der Waals surface area contributed by atoms with Crippen molar-refractivity contribution in [2.75, 3.05) is 6.61 Å². The molecule has 0 aliphatic heterocycles. The number of benzene rings is 4. The van der Waals surface area contributed by atoms with Crippen molar-refractivity contribution in [3.05, 3.63) is 96.6 Å². The Balaban J connectivity index is 1.33. The van der Waals surface area contributed by atoms with E-state index in [-0.39, 0.29) is 12.4 Å². The number of hydrogen-bond donors (Lipinski definition) is 2. The number of ether oxygens (including phenoxy) is 1. The number of carbonyl (C=O) groups is 1. The molecule has 0 saturated carbocycles. The van der Waals surface area contributed by atoms with E-state index in [4.69, 9.17) is 4.74 Å². The molecule has 158 valence electrons. The normalized spacial score (nSPS) is 11.2. The molecular weight excluding hydrogens is 404 g/mol. The van der Waals surface area contributed by atoms with Gasteiger partial charge in [0.05, 0.1) is 17.6 Å². The van der Waals surface area contributed by atoms with Crippen molar-refractivity contribution < 1.29 is 14.6 Å². The highest BCUT2D eigenvalue weighted by molar-refractivity contribution is 5.87.